The summed E-state index contributed by atoms with van der Waals surface area (Å²) in [4.78, 5) is 12.0. The van der Waals surface area contributed by atoms with Gasteiger partial charge in [0, 0.05) is 23.8 Å². The molecule has 6 nitrogen and oxygen atoms in total. The van der Waals surface area contributed by atoms with Gasteiger partial charge < -0.3 is 10.6 Å². The monoisotopic (exact) mass is 311 g/mol. The predicted molar refractivity (Wildman–Crippen MR) is 82.9 cm³/mol. The quantitative estimate of drug-likeness (QED) is 0.729. The molecule has 3 N–H and O–H groups in total. The highest BCUT2D eigenvalue weighted by molar-refractivity contribution is 7.92. The van der Waals surface area contributed by atoms with Gasteiger partial charge in [0.2, 0.25) is 10.0 Å². The Labute approximate surface area is 125 Å². The first-order chi connectivity index (χ1) is 10.00. The molecule has 1 atom stereocenters. The Kier molecular flexibility index (Phi) is 5.19. The summed E-state index contributed by atoms with van der Waals surface area (Å²) < 4.78 is 25.8. The lowest BCUT2D eigenvalue weighted by atomic mass is 10.1. The van der Waals surface area contributed by atoms with Crippen LogP contribution in [0.5, 0.6) is 0 Å². The van der Waals surface area contributed by atoms with Crippen LogP contribution in [0.25, 0.3) is 0 Å². The highest BCUT2D eigenvalue weighted by Gasteiger charge is 2.17. The zero-order valence-electron chi connectivity index (χ0n) is 12.1. The summed E-state index contributed by atoms with van der Waals surface area (Å²) >= 11 is 0. The molecule has 116 valence electrons. The van der Waals surface area contributed by atoms with Crippen LogP contribution >= 0.6 is 0 Å². The molecule has 1 aromatic rings. The molecule has 1 heterocycles. The average Bonchev–Trinajstić information content (AvgIpc) is 2.91. The smallest absolute Gasteiger partial charge is 0.251 e. The van der Waals surface area contributed by atoms with E-state index in [1.807, 2.05) is 6.92 Å². The normalized spacial score (nSPS) is 18.4. The molecule has 1 fully saturated rings. The van der Waals surface area contributed by atoms with Crippen LogP contribution in [-0.2, 0) is 10.0 Å². The largest absolute Gasteiger partial charge is 0.348 e. The molecule has 0 aromatic heterocycles. The molecule has 0 radical (unpaired) electrons. The Balaban J connectivity index is 1.96. The minimum absolute atomic E-state index is 0.0872. The van der Waals surface area contributed by atoms with Gasteiger partial charge in [0.05, 0.1) is 5.75 Å². The van der Waals surface area contributed by atoms with E-state index in [4.69, 9.17) is 0 Å². The van der Waals surface area contributed by atoms with Crippen molar-refractivity contribution in [3.8, 4) is 0 Å². The van der Waals surface area contributed by atoms with Gasteiger partial charge in [-0.05, 0) is 43.7 Å². The summed E-state index contributed by atoms with van der Waals surface area (Å²) in [7, 11) is -3.30. The lowest BCUT2D eigenvalue weighted by Gasteiger charge is -2.12. The zero-order valence-corrected chi connectivity index (χ0v) is 12.9. The molecule has 0 saturated carbocycles. The van der Waals surface area contributed by atoms with Crippen molar-refractivity contribution in [2.24, 2.45) is 0 Å². The topological polar surface area (TPSA) is 87.3 Å². The van der Waals surface area contributed by atoms with E-state index in [-0.39, 0.29) is 17.7 Å². The first-order valence-electron chi connectivity index (χ1n) is 7.12. The molecule has 21 heavy (non-hydrogen) atoms. The van der Waals surface area contributed by atoms with E-state index in [1.165, 1.54) is 0 Å². The standard InChI is InChI=1S/C14H21N3O3S/c1-2-9-21(19,20)17-12-5-3-11(4-6-12)14(18)16-13-7-8-15-10-13/h3-6,13,15,17H,2,7-10H2,1H3,(H,16,18). The summed E-state index contributed by atoms with van der Waals surface area (Å²) in [5, 5.41) is 6.13. The van der Waals surface area contributed by atoms with E-state index in [9.17, 15) is 13.2 Å². The second kappa shape index (κ2) is 6.91. The van der Waals surface area contributed by atoms with Gasteiger partial charge in [0.15, 0.2) is 0 Å². The minimum Gasteiger partial charge on any atom is -0.348 e. The molecule has 7 heteroatoms. The molecule has 0 aliphatic carbocycles. The van der Waals surface area contributed by atoms with Gasteiger partial charge in [-0.2, -0.15) is 0 Å². The first kappa shape index (κ1) is 15.8. The van der Waals surface area contributed by atoms with E-state index >= 15 is 0 Å². The van der Waals surface area contributed by atoms with E-state index in [0.29, 0.717) is 17.7 Å². The highest BCUT2D eigenvalue weighted by atomic mass is 32.2. The molecule has 1 unspecified atom stereocenters. The van der Waals surface area contributed by atoms with Crippen LogP contribution in [0, 0.1) is 0 Å². The first-order valence-corrected chi connectivity index (χ1v) is 8.77. The maximum atomic E-state index is 12.0. The van der Waals surface area contributed by atoms with Crippen LogP contribution in [0.2, 0.25) is 0 Å². The summed E-state index contributed by atoms with van der Waals surface area (Å²) in [6.45, 7) is 3.52. The fourth-order valence-corrected chi connectivity index (χ4v) is 3.37. The van der Waals surface area contributed by atoms with Crippen LogP contribution in [0.15, 0.2) is 24.3 Å². The number of hydrogen-bond acceptors (Lipinski definition) is 4. The van der Waals surface area contributed by atoms with Crippen LogP contribution < -0.4 is 15.4 Å². The van der Waals surface area contributed by atoms with Crippen molar-refractivity contribution in [1.29, 1.82) is 0 Å². The SMILES string of the molecule is CCCS(=O)(=O)Nc1ccc(C(=O)NC2CCNC2)cc1. The number of anilines is 1. The number of nitrogens with one attached hydrogen (secondary N) is 3. The van der Waals surface area contributed by atoms with Crippen molar-refractivity contribution >= 4 is 21.6 Å². The highest BCUT2D eigenvalue weighted by Crippen LogP contribution is 2.12. The number of rotatable bonds is 6. The van der Waals surface area contributed by atoms with Gasteiger partial charge in [-0.1, -0.05) is 6.92 Å². The fourth-order valence-electron chi connectivity index (χ4n) is 2.24. The molecule has 2 rings (SSSR count). The number of benzene rings is 1. The lowest BCUT2D eigenvalue weighted by molar-refractivity contribution is 0.0940. The predicted octanol–water partition coefficient (Wildman–Crippen LogP) is 0.930. The number of carbonyl (C=O) groups is 1. The van der Waals surface area contributed by atoms with Gasteiger partial charge in [0.1, 0.15) is 0 Å². The number of carbonyl (C=O) groups excluding carboxylic acids is 1. The van der Waals surface area contributed by atoms with Gasteiger partial charge in [-0.15, -0.1) is 0 Å². The number of hydrogen-bond donors (Lipinski definition) is 3. The van der Waals surface area contributed by atoms with Crippen LogP contribution in [0.1, 0.15) is 30.1 Å². The van der Waals surface area contributed by atoms with E-state index in [1.54, 1.807) is 24.3 Å². The molecule has 1 amide bonds. The Bertz CT molecular complexity index is 578. The number of sulfonamides is 1. The van der Waals surface area contributed by atoms with E-state index in [0.717, 1.165) is 19.5 Å². The van der Waals surface area contributed by atoms with Gasteiger partial charge >= 0.3 is 0 Å². The number of amides is 1. The van der Waals surface area contributed by atoms with Crippen molar-refractivity contribution in [2.45, 2.75) is 25.8 Å². The second-order valence-electron chi connectivity index (χ2n) is 5.16. The Morgan fingerprint density at radius 1 is 1.33 bits per heavy atom. The van der Waals surface area contributed by atoms with Crippen molar-refractivity contribution in [3.63, 3.8) is 0 Å². The fraction of sp³-hybridized carbons (Fsp3) is 0.500. The van der Waals surface area contributed by atoms with Crippen molar-refractivity contribution in [1.82, 2.24) is 10.6 Å². The van der Waals surface area contributed by atoms with Crippen LogP contribution in [0.4, 0.5) is 5.69 Å². The van der Waals surface area contributed by atoms with Crippen molar-refractivity contribution < 1.29 is 13.2 Å². The molecule has 0 bridgehead atoms. The van der Waals surface area contributed by atoms with Gasteiger partial charge in [-0.3, -0.25) is 9.52 Å². The molecular formula is C14H21N3O3S. The molecular weight excluding hydrogens is 290 g/mol. The summed E-state index contributed by atoms with van der Waals surface area (Å²) in [5.74, 6) is -0.0455. The Hall–Kier alpha value is -1.60. The van der Waals surface area contributed by atoms with Gasteiger partial charge in [-0.25, -0.2) is 8.42 Å². The van der Waals surface area contributed by atoms with Crippen molar-refractivity contribution in [3.05, 3.63) is 29.8 Å². The Morgan fingerprint density at radius 3 is 2.62 bits per heavy atom. The molecule has 1 aliphatic rings. The van der Waals surface area contributed by atoms with Crippen LogP contribution in [0.3, 0.4) is 0 Å². The van der Waals surface area contributed by atoms with E-state index < -0.39 is 10.0 Å². The third-order valence-electron chi connectivity index (χ3n) is 3.29. The zero-order chi connectivity index (χ0) is 15.3. The minimum atomic E-state index is -3.30. The lowest BCUT2D eigenvalue weighted by Crippen LogP contribution is -2.36. The van der Waals surface area contributed by atoms with Crippen LogP contribution in [-0.4, -0.2) is 39.2 Å². The third kappa shape index (κ3) is 4.71. The summed E-state index contributed by atoms with van der Waals surface area (Å²) in [6, 6.07) is 6.63. The third-order valence-corrected chi connectivity index (χ3v) is 4.78. The second-order valence-corrected chi connectivity index (χ2v) is 7.00. The average molecular weight is 311 g/mol. The molecule has 1 aromatic carbocycles. The molecule has 1 saturated heterocycles. The van der Waals surface area contributed by atoms with E-state index in [2.05, 4.69) is 15.4 Å². The molecule has 0 spiro atoms. The summed E-state index contributed by atoms with van der Waals surface area (Å²) in [6.07, 6.45) is 1.49. The van der Waals surface area contributed by atoms with Gasteiger partial charge in [0.25, 0.3) is 5.91 Å². The summed E-state index contributed by atoms with van der Waals surface area (Å²) in [5.41, 5.74) is 1.00. The maximum absolute atomic E-state index is 12.0. The molecule has 1 aliphatic heterocycles. The van der Waals surface area contributed by atoms with Crippen molar-refractivity contribution in [2.75, 3.05) is 23.6 Å². The Morgan fingerprint density at radius 2 is 2.05 bits per heavy atom. The maximum Gasteiger partial charge on any atom is 0.251 e.